The molecule has 0 heterocycles. The molecule has 2 aliphatic rings. The molecule has 0 radical (unpaired) electrons. The molecule has 0 aliphatic heterocycles. The SMILES string of the molecule is CCC(=NOC)C1=C(c2ccc(I)cc2)CC2CC(O)C1C2. The van der Waals surface area contributed by atoms with Crippen molar-refractivity contribution in [2.75, 3.05) is 7.11 Å². The van der Waals surface area contributed by atoms with E-state index in [2.05, 4.69) is 58.9 Å². The second-order valence-electron chi connectivity index (χ2n) is 6.19. The van der Waals surface area contributed by atoms with Gasteiger partial charge in [0.15, 0.2) is 0 Å². The Hall–Kier alpha value is -0.880. The van der Waals surface area contributed by atoms with Crippen LogP contribution in [0.2, 0.25) is 0 Å². The third-order valence-electron chi connectivity index (χ3n) is 4.86. The molecule has 3 nitrogen and oxygen atoms in total. The lowest BCUT2D eigenvalue weighted by Crippen LogP contribution is -2.23. The average Bonchev–Trinajstić information content (AvgIpc) is 2.81. The summed E-state index contributed by atoms with van der Waals surface area (Å²) in [6.07, 6.45) is 3.60. The van der Waals surface area contributed by atoms with Crippen molar-refractivity contribution in [3.63, 3.8) is 0 Å². The van der Waals surface area contributed by atoms with Crippen molar-refractivity contribution in [2.45, 2.75) is 38.7 Å². The fourth-order valence-corrected chi connectivity index (χ4v) is 4.30. The minimum Gasteiger partial charge on any atom is -0.399 e. The molecular formula is C18H22INO2. The van der Waals surface area contributed by atoms with Gasteiger partial charge in [-0.05, 0) is 83.0 Å². The van der Waals surface area contributed by atoms with Gasteiger partial charge in [-0.25, -0.2) is 0 Å². The van der Waals surface area contributed by atoms with Crippen LogP contribution in [0.5, 0.6) is 0 Å². The number of hydrogen-bond acceptors (Lipinski definition) is 3. The highest BCUT2D eigenvalue weighted by Gasteiger charge is 2.42. The molecule has 118 valence electrons. The summed E-state index contributed by atoms with van der Waals surface area (Å²) in [6.45, 7) is 2.10. The predicted molar refractivity (Wildman–Crippen MR) is 97.7 cm³/mol. The van der Waals surface area contributed by atoms with Gasteiger partial charge in [0.2, 0.25) is 0 Å². The van der Waals surface area contributed by atoms with Gasteiger partial charge >= 0.3 is 0 Å². The summed E-state index contributed by atoms with van der Waals surface area (Å²) < 4.78 is 1.24. The fourth-order valence-electron chi connectivity index (χ4n) is 3.94. The first-order chi connectivity index (χ1) is 10.6. The number of rotatable bonds is 4. The van der Waals surface area contributed by atoms with Gasteiger partial charge in [0.1, 0.15) is 7.11 Å². The molecule has 3 atom stereocenters. The molecule has 1 N–H and O–H groups in total. The highest BCUT2D eigenvalue weighted by molar-refractivity contribution is 14.1. The topological polar surface area (TPSA) is 41.8 Å². The number of nitrogens with zero attached hydrogens (tertiary/aromatic N) is 1. The van der Waals surface area contributed by atoms with Crippen molar-refractivity contribution in [1.82, 2.24) is 0 Å². The number of aliphatic hydroxyl groups is 1. The lowest BCUT2D eigenvalue weighted by Gasteiger charge is -2.28. The maximum atomic E-state index is 10.5. The minimum absolute atomic E-state index is 0.210. The van der Waals surface area contributed by atoms with Gasteiger partial charge in [-0.3, -0.25) is 0 Å². The average molecular weight is 411 g/mol. The van der Waals surface area contributed by atoms with Crippen LogP contribution in [-0.4, -0.2) is 24.0 Å². The Morgan fingerprint density at radius 2 is 2.05 bits per heavy atom. The molecule has 1 saturated carbocycles. The number of oxime groups is 1. The second kappa shape index (κ2) is 6.71. The summed E-state index contributed by atoms with van der Waals surface area (Å²) in [5.74, 6) is 0.806. The van der Waals surface area contributed by atoms with Crippen molar-refractivity contribution in [3.8, 4) is 0 Å². The molecular weight excluding hydrogens is 389 g/mol. The normalized spacial score (nSPS) is 28.2. The van der Waals surface area contributed by atoms with Crippen LogP contribution in [0.15, 0.2) is 35.0 Å². The summed E-state index contributed by atoms with van der Waals surface area (Å²) in [4.78, 5) is 5.06. The van der Waals surface area contributed by atoms with Crippen LogP contribution in [0.1, 0.15) is 38.2 Å². The molecule has 3 rings (SSSR count). The van der Waals surface area contributed by atoms with E-state index in [1.807, 2.05) is 0 Å². The molecule has 22 heavy (non-hydrogen) atoms. The van der Waals surface area contributed by atoms with Gasteiger partial charge in [-0.15, -0.1) is 0 Å². The van der Waals surface area contributed by atoms with E-state index >= 15 is 0 Å². The van der Waals surface area contributed by atoms with E-state index < -0.39 is 0 Å². The summed E-state index contributed by atoms with van der Waals surface area (Å²) in [7, 11) is 1.59. The quantitative estimate of drug-likeness (QED) is 0.457. The van der Waals surface area contributed by atoms with Gasteiger partial charge in [-0.1, -0.05) is 24.2 Å². The maximum Gasteiger partial charge on any atom is 0.106 e. The van der Waals surface area contributed by atoms with E-state index in [4.69, 9.17) is 4.84 Å². The van der Waals surface area contributed by atoms with Gasteiger partial charge in [0.05, 0.1) is 11.8 Å². The number of aliphatic hydroxyl groups excluding tert-OH is 1. The van der Waals surface area contributed by atoms with Crippen LogP contribution in [0.3, 0.4) is 0 Å². The van der Waals surface area contributed by atoms with Gasteiger partial charge in [-0.2, -0.15) is 0 Å². The molecule has 0 aromatic heterocycles. The maximum absolute atomic E-state index is 10.5. The summed E-state index contributed by atoms with van der Waals surface area (Å²) in [5, 5.41) is 14.7. The summed E-state index contributed by atoms with van der Waals surface area (Å²) in [6, 6.07) is 8.67. The largest absolute Gasteiger partial charge is 0.399 e. The molecule has 2 aliphatic carbocycles. The number of hydrogen-bond donors (Lipinski definition) is 1. The predicted octanol–water partition coefficient (Wildman–Crippen LogP) is 4.25. The first-order valence-electron chi connectivity index (χ1n) is 7.91. The van der Waals surface area contributed by atoms with Crippen LogP contribution >= 0.6 is 22.6 Å². The zero-order valence-electron chi connectivity index (χ0n) is 13.1. The molecule has 0 spiro atoms. The van der Waals surface area contributed by atoms with E-state index in [9.17, 15) is 5.11 Å². The van der Waals surface area contributed by atoms with Crippen molar-refractivity contribution in [1.29, 1.82) is 0 Å². The Balaban J connectivity index is 2.12. The number of allylic oxidation sites excluding steroid dienone is 1. The second-order valence-corrected chi connectivity index (χ2v) is 7.43. The fraction of sp³-hybridized carbons (Fsp3) is 0.500. The molecule has 1 fully saturated rings. The zero-order chi connectivity index (χ0) is 15.7. The van der Waals surface area contributed by atoms with Crippen LogP contribution in [-0.2, 0) is 4.84 Å². The molecule has 0 amide bonds. The molecule has 0 saturated heterocycles. The van der Waals surface area contributed by atoms with Crippen molar-refractivity contribution in [3.05, 3.63) is 39.0 Å². The van der Waals surface area contributed by atoms with Crippen LogP contribution in [0, 0.1) is 15.4 Å². The molecule has 4 heteroatoms. The summed E-state index contributed by atoms with van der Waals surface area (Å²) >= 11 is 2.33. The molecule has 2 bridgehead atoms. The number of benzene rings is 1. The van der Waals surface area contributed by atoms with E-state index in [0.717, 1.165) is 31.4 Å². The van der Waals surface area contributed by atoms with Gasteiger partial charge in [0.25, 0.3) is 0 Å². The van der Waals surface area contributed by atoms with Crippen molar-refractivity contribution < 1.29 is 9.94 Å². The third kappa shape index (κ3) is 2.95. The molecule has 3 unspecified atom stereocenters. The van der Waals surface area contributed by atoms with E-state index in [1.165, 1.54) is 20.3 Å². The zero-order valence-corrected chi connectivity index (χ0v) is 15.2. The highest BCUT2D eigenvalue weighted by Crippen LogP contribution is 2.49. The Morgan fingerprint density at radius 1 is 1.32 bits per heavy atom. The smallest absolute Gasteiger partial charge is 0.106 e. The third-order valence-corrected chi connectivity index (χ3v) is 5.57. The Labute approximate surface area is 145 Å². The van der Waals surface area contributed by atoms with Crippen LogP contribution in [0.4, 0.5) is 0 Å². The van der Waals surface area contributed by atoms with E-state index in [-0.39, 0.29) is 12.0 Å². The minimum atomic E-state index is -0.241. The highest BCUT2D eigenvalue weighted by atomic mass is 127. The van der Waals surface area contributed by atoms with E-state index in [1.54, 1.807) is 7.11 Å². The summed E-state index contributed by atoms with van der Waals surface area (Å²) in [5.41, 5.74) is 4.83. The first kappa shape index (κ1) is 16.0. The lowest BCUT2D eigenvalue weighted by atomic mass is 9.77. The lowest BCUT2D eigenvalue weighted by molar-refractivity contribution is 0.149. The Morgan fingerprint density at radius 3 is 2.68 bits per heavy atom. The standard InChI is InChI=1S/C18H22INO2/c1-3-16(20-22-2)18-14(12-4-6-13(19)7-5-12)8-11-9-15(18)17(21)10-11/h4-7,11,15,17,21H,3,8-10H2,1-2H3. The monoisotopic (exact) mass is 411 g/mol. The van der Waals surface area contributed by atoms with Crippen LogP contribution in [0.25, 0.3) is 5.57 Å². The Bertz CT molecular complexity index is 606. The molecule has 1 aromatic carbocycles. The van der Waals surface area contributed by atoms with Gasteiger partial charge in [0, 0.05) is 9.49 Å². The Kier molecular flexibility index (Phi) is 4.88. The van der Waals surface area contributed by atoms with Crippen molar-refractivity contribution in [2.24, 2.45) is 17.0 Å². The first-order valence-corrected chi connectivity index (χ1v) is 8.99. The van der Waals surface area contributed by atoms with Crippen molar-refractivity contribution >= 4 is 33.9 Å². The molecule has 1 aromatic rings. The van der Waals surface area contributed by atoms with Gasteiger partial charge < -0.3 is 9.94 Å². The number of fused-ring (bicyclic) bond motifs is 2. The van der Waals surface area contributed by atoms with Crippen LogP contribution < -0.4 is 0 Å². The number of halogens is 1. The van der Waals surface area contributed by atoms with E-state index in [0.29, 0.717) is 5.92 Å².